The molecule has 30 heavy (non-hydrogen) atoms. The lowest BCUT2D eigenvalue weighted by atomic mass is 10.0. The number of hydrogen-bond donors (Lipinski definition) is 2. The van der Waals surface area contributed by atoms with Crippen molar-refractivity contribution < 1.29 is 4.21 Å². The Kier molecular flexibility index (Phi) is 5.52. The molecule has 0 saturated heterocycles. The van der Waals surface area contributed by atoms with Gasteiger partial charge in [-0.05, 0) is 44.2 Å². The molecular formula is C20H23N7OS2. The second kappa shape index (κ2) is 8.11. The highest BCUT2D eigenvalue weighted by molar-refractivity contribution is 7.88. The van der Waals surface area contributed by atoms with Crippen LogP contribution in [0.3, 0.4) is 0 Å². The molecule has 1 aliphatic rings. The highest BCUT2D eigenvalue weighted by Crippen LogP contribution is 2.44. The van der Waals surface area contributed by atoms with E-state index in [1.54, 1.807) is 17.1 Å². The normalized spacial score (nSPS) is 16.6. The predicted octanol–water partition coefficient (Wildman–Crippen LogP) is 3.32. The van der Waals surface area contributed by atoms with Crippen molar-refractivity contribution in [2.75, 3.05) is 5.73 Å². The lowest BCUT2D eigenvalue weighted by molar-refractivity contribution is 0.505. The molecule has 4 N–H and O–H groups in total. The highest BCUT2D eigenvalue weighted by Gasteiger charge is 2.29. The number of allylic oxidation sites excluding steroid dienone is 1. The van der Waals surface area contributed by atoms with Gasteiger partial charge in [-0.3, -0.25) is 8.89 Å². The quantitative estimate of drug-likeness (QED) is 0.464. The molecule has 4 rings (SSSR count). The fourth-order valence-corrected chi connectivity index (χ4v) is 6.51. The van der Waals surface area contributed by atoms with Crippen molar-refractivity contribution in [3.05, 3.63) is 30.2 Å². The molecule has 1 fully saturated rings. The van der Waals surface area contributed by atoms with Gasteiger partial charge in [0.2, 0.25) is 5.96 Å². The smallest absolute Gasteiger partial charge is 0.219 e. The minimum absolute atomic E-state index is 0.0841. The lowest BCUT2D eigenvalue weighted by Crippen LogP contribution is -2.23. The summed E-state index contributed by atoms with van der Waals surface area (Å²) in [5.41, 5.74) is 16.0. The molecule has 1 atom stereocenters. The molecule has 3 aromatic heterocycles. The monoisotopic (exact) mass is 441 g/mol. The number of thiophene rings is 1. The minimum atomic E-state index is -1.12. The molecule has 0 aliphatic heterocycles. The molecule has 3 aromatic rings. The van der Waals surface area contributed by atoms with E-state index >= 15 is 0 Å². The van der Waals surface area contributed by atoms with Gasteiger partial charge in [-0.1, -0.05) is 6.42 Å². The van der Waals surface area contributed by atoms with Crippen LogP contribution in [0.15, 0.2) is 38.7 Å². The van der Waals surface area contributed by atoms with Gasteiger partial charge >= 0.3 is 0 Å². The summed E-state index contributed by atoms with van der Waals surface area (Å²) in [6, 6.07) is 3.88. The van der Waals surface area contributed by atoms with Gasteiger partial charge in [0.1, 0.15) is 9.04 Å². The number of aliphatic imine (C=N–C) groups is 2. The van der Waals surface area contributed by atoms with Crippen molar-refractivity contribution in [2.45, 2.75) is 35.6 Å². The third-order valence-corrected chi connectivity index (χ3v) is 8.56. The summed E-state index contributed by atoms with van der Waals surface area (Å²) < 4.78 is 15.5. The molecular weight excluding hydrogens is 418 g/mol. The summed E-state index contributed by atoms with van der Waals surface area (Å²) in [6.07, 6.45) is 6.42. The van der Waals surface area contributed by atoms with Crippen LogP contribution in [0.5, 0.6) is 0 Å². The molecule has 1 saturated carbocycles. The van der Waals surface area contributed by atoms with E-state index < -0.39 is 10.8 Å². The second-order valence-electron chi connectivity index (χ2n) is 7.19. The average Bonchev–Trinajstić information content (AvgIpc) is 3.27. The third-order valence-electron chi connectivity index (χ3n) is 5.26. The SMILES string of the molecule is C=NC(N)=N/C=C(\C)c1cc(-c2ccnn2C)c2c(N)c(S(=O)C3CCC3)sc2n1. The predicted molar refractivity (Wildman–Crippen MR) is 125 cm³/mol. The maximum absolute atomic E-state index is 13.0. The number of pyridine rings is 1. The number of anilines is 1. The van der Waals surface area contributed by atoms with Gasteiger partial charge in [-0.15, -0.1) is 11.3 Å². The Morgan fingerprint density at radius 2 is 2.23 bits per heavy atom. The largest absolute Gasteiger partial charge is 0.396 e. The van der Waals surface area contributed by atoms with Crippen molar-refractivity contribution in [1.29, 1.82) is 0 Å². The molecule has 10 heteroatoms. The number of nitrogens with two attached hydrogens (primary N) is 2. The molecule has 0 aromatic carbocycles. The van der Waals surface area contributed by atoms with E-state index in [2.05, 4.69) is 21.8 Å². The molecule has 156 valence electrons. The standard InChI is InChI=1S/C20H23N7OS2/c1-11(10-24-20(22)23-2)14-9-13(15-7-8-25-27(15)3)16-17(21)19(29-18(16)26-14)30(28)12-5-4-6-12/h7-10,12H,2,4-6,21H2,1,3H3,(H2,22,24)/b11-10+. The Morgan fingerprint density at radius 3 is 2.83 bits per heavy atom. The summed E-state index contributed by atoms with van der Waals surface area (Å²) in [7, 11) is 0.760. The van der Waals surface area contributed by atoms with Crippen LogP contribution in [0.4, 0.5) is 5.69 Å². The molecule has 8 nitrogen and oxygen atoms in total. The van der Waals surface area contributed by atoms with E-state index in [1.807, 2.05) is 26.1 Å². The highest BCUT2D eigenvalue weighted by atomic mass is 32.2. The Balaban J connectivity index is 1.93. The zero-order valence-corrected chi connectivity index (χ0v) is 18.5. The van der Waals surface area contributed by atoms with Crippen LogP contribution in [0.1, 0.15) is 31.9 Å². The maximum atomic E-state index is 13.0. The van der Waals surface area contributed by atoms with Crippen LogP contribution in [-0.2, 0) is 17.8 Å². The first-order valence-electron chi connectivity index (χ1n) is 9.49. The first-order valence-corrected chi connectivity index (χ1v) is 11.5. The second-order valence-corrected chi connectivity index (χ2v) is 10.1. The summed E-state index contributed by atoms with van der Waals surface area (Å²) in [6.45, 7) is 5.26. The third kappa shape index (κ3) is 3.56. The maximum Gasteiger partial charge on any atom is 0.219 e. The summed E-state index contributed by atoms with van der Waals surface area (Å²) >= 11 is 1.41. The van der Waals surface area contributed by atoms with Crippen LogP contribution < -0.4 is 11.5 Å². The van der Waals surface area contributed by atoms with Crippen LogP contribution in [-0.4, -0.2) is 36.9 Å². The van der Waals surface area contributed by atoms with Gasteiger partial charge in [0.05, 0.1) is 27.9 Å². The summed E-state index contributed by atoms with van der Waals surface area (Å²) in [4.78, 5) is 13.2. The Morgan fingerprint density at radius 1 is 1.47 bits per heavy atom. The zero-order valence-electron chi connectivity index (χ0n) is 16.8. The zero-order chi connectivity index (χ0) is 21.4. The minimum Gasteiger partial charge on any atom is -0.396 e. The fraction of sp³-hybridized carbons (Fsp3) is 0.300. The van der Waals surface area contributed by atoms with Crippen LogP contribution in [0, 0.1) is 0 Å². The molecule has 0 amide bonds. The molecule has 0 radical (unpaired) electrons. The van der Waals surface area contributed by atoms with E-state index in [-0.39, 0.29) is 11.2 Å². The number of nitrogen functional groups attached to an aromatic ring is 1. The van der Waals surface area contributed by atoms with Gasteiger partial charge in [0, 0.05) is 35.6 Å². The van der Waals surface area contributed by atoms with Crippen molar-refractivity contribution in [3.63, 3.8) is 0 Å². The van der Waals surface area contributed by atoms with Crippen molar-refractivity contribution in [2.24, 2.45) is 22.8 Å². The Labute approximate surface area is 180 Å². The van der Waals surface area contributed by atoms with Crippen molar-refractivity contribution in [1.82, 2.24) is 14.8 Å². The van der Waals surface area contributed by atoms with Gasteiger partial charge < -0.3 is 11.5 Å². The number of aromatic nitrogens is 3. The number of rotatable bonds is 5. The van der Waals surface area contributed by atoms with Crippen molar-refractivity contribution >= 4 is 56.3 Å². The number of aryl methyl sites for hydroxylation is 1. The summed E-state index contributed by atoms with van der Waals surface area (Å²) in [5.74, 6) is 0.0841. The fourth-order valence-electron chi connectivity index (χ4n) is 3.30. The van der Waals surface area contributed by atoms with Crippen LogP contribution in [0.25, 0.3) is 27.0 Å². The number of guanidine groups is 1. The number of hydrogen-bond acceptors (Lipinski definition) is 6. The van der Waals surface area contributed by atoms with Gasteiger partial charge in [0.15, 0.2) is 0 Å². The van der Waals surface area contributed by atoms with Gasteiger partial charge in [-0.25, -0.2) is 15.0 Å². The molecule has 0 bridgehead atoms. The van der Waals surface area contributed by atoms with Crippen LogP contribution >= 0.6 is 11.3 Å². The first kappa shape index (κ1) is 20.4. The number of nitrogens with zero attached hydrogens (tertiary/aromatic N) is 5. The summed E-state index contributed by atoms with van der Waals surface area (Å²) in [5, 5.41) is 5.30. The van der Waals surface area contributed by atoms with Gasteiger partial charge in [0.25, 0.3) is 0 Å². The molecule has 3 heterocycles. The van der Waals surface area contributed by atoms with E-state index in [4.69, 9.17) is 16.5 Å². The topological polar surface area (TPSA) is 125 Å². The number of fused-ring (bicyclic) bond motifs is 1. The van der Waals surface area contributed by atoms with E-state index in [1.165, 1.54) is 11.3 Å². The Bertz CT molecular complexity index is 1220. The molecule has 1 unspecified atom stereocenters. The molecule has 0 spiro atoms. The van der Waals surface area contributed by atoms with Crippen LogP contribution in [0.2, 0.25) is 0 Å². The lowest BCUT2D eigenvalue weighted by Gasteiger charge is -2.23. The van der Waals surface area contributed by atoms with E-state index in [0.29, 0.717) is 9.90 Å². The van der Waals surface area contributed by atoms with E-state index in [0.717, 1.165) is 52.0 Å². The average molecular weight is 442 g/mol. The van der Waals surface area contributed by atoms with Gasteiger partial charge in [-0.2, -0.15) is 5.10 Å². The van der Waals surface area contributed by atoms with Crippen molar-refractivity contribution in [3.8, 4) is 11.3 Å². The Hall–Kier alpha value is -2.85. The first-order chi connectivity index (χ1) is 14.4. The van der Waals surface area contributed by atoms with E-state index in [9.17, 15) is 4.21 Å². The molecule has 1 aliphatic carbocycles.